The normalized spacial score (nSPS) is 21.2. The molecule has 2 rings (SSSR count). The Kier molecular flexibility index (Phi) is 5.91. The summed E-state index contributed by atoms with van der Waals surface area (Å²) in [6, 6.07) is 0. The van der Waals surface area contributed by atoms with Gasteiger partial charge in [-0.25, -0.2) is 9.97 Å². The molecular formula is C18H28N4O2. The van der Waals surface area contributed by atoms with Crippen molar-refractivity contribution in [1.82, 2.24) is 9.97 Å². The van der Waals surface area contributed by atoms with E-state index in [9.17, 15) is 4.79 Å². The molecule has 6 heteroatoms. The zero-order chi connectivity index (χ0) is 17.7. The van der Waals surface area contributed by atoms with Gasteiger partial charge in [0.05, 0.1) is 5.69 Å². The summed E-state index contributed by atoms with van der Waals surface area (Å²) in [7, 11) is 0. The monoisotopic (exact) mass is 332 g/mol. The van der Waals surface area contributed by atoms with Gasteiger partial charge in [0, 0.05) is 18.3 Å². The fourth-order valence-corrected chi connectivity index (χ4v) is 2.93. The predicted octanol–water partition coefficient (Wildman–Crippen LogP) is 3.52. The molecule has 0 saturated heterocycles. The molecule has 1 heterocycles. The molecule has 0 spiro atoms. The number of carbonyl (C=O) groups is 1. The lowest BCUT2D eigenvalue weighted by molar-refractivity contribution is -0.152. The molecule has 0 aliphatic heterocycles. The van der Waals surface area contributed by atoms with Crippen molar-refractivity contribution in [3.05, 3.63) is 17.6 Å². The van der Waals surface area contributed by atoms with Crippen molar-refractivity contribution in [2.24, 2.45) is 5.92 Å². The molecule has 1 aromatic rings. The Morgan fingerprint density at radius 3 is 2.62 bits per heavy atom. The number of hydrogen-bond acceptors (Lipinski definition) is 6. The molecule has 1 fully saturated rings. The van der Waals surface area contributed by atoms with Crippen LogP contribution in [0.2, 0.25) is 0 Å². The van der Waals surface area contributed by atoms with Crippen molar-refractivity contribution in [3.63, 3.8) is 0 Å². The largest absolute Gasteiger partial charge is 0.459 e. The second-order valence-corrected chi connectivity index (χ2v) is 7.57. The number of nitrogens with zero attached hydrogens (tertiary/aromatic N) is 2. The van der Waals surface area contributed by atoms with E-state index in [1.54, 1.807) is 6.20 Å². The molecule has 0 amide bonds. The SMILES string of the molecule is CC1CCC(c2cnc(C=N)c(NCC(=O)OC(C)(C)C)n2)CC1. The summed E-state index contributed by atoms with van der Waals surface area (Å²) in [5.41, 5.74) is 0.862. The first kappa shape index (κ1) is 18.4. The van der Waals surface area contributed by atoms with Crippen LogP contribution in [0.5, 0.6) is 0 Å². The maximum atomic E-state index is 11.9. The summed E-state index contributed by atoms with van der Waals surface area (Å²) in [5, 5.41) is 10.4. The number of rotatable bonds is 5. The van der Waals surface area contributed by atoms with Crippen LogP contribution in [0.1, 0.15) is 70.7 Å². The number of esters is 1. The zero-order valence-electron chi connectivity index (χ0n) is 15.1. The van der Waals surface area contributed by atoms with Crippen LogP contribution < -0.4 is 5.32 Å². The molecule has 1 aliphatic rings. The van der Waals surface area contributed by atoms with Crippen molar-refractivity contribution in [2.75, 3.05) is 11.9 Å². The van der Waals surface area contributed by atoms with Gasteiger partial charge < -0.3 is 15.5 Å². The van der Waals surface area contributed by atoms with E-state index in [1.807, 2.05) is 20.8 Å². The highest BCUT2D eigenvalue weighted by atomic mass is 16.6. The Morgan fingerprint density at radius 1 is 1.38 bits per heavy atom. The molecule has 24 heavy (non-hydrogen) atoms. The first-order valence-electron chi connectivity index (χ1n) is 8.61. The van der Waals surface area contributed by atoms with Crippen molar-refractivity contribution in [1.29, 1.82) is 5.41 Å². The van der Waals surface area contributed by atoms with Crippen molar-refractivity contribution in [2.45, 2.75) is 64.9 Å². The molecule has 0 radical (unpaired) electrons. The van der Waals surface area contributed by atoms with Crippen LogP contribution >= 0.6 is 0 Å². The molecule has 1 aliphatic carbocycles. The van der Waals surface area contributed by atoms with Crippen LogP contribution in [-0.2, 0) is 9.53 Å². The van der Waals surface area contributed by atoms with Crippen molar-refractivity contribution in [3.8, 4) is 0 Å². The van der Waals surface area contributed by atoms with Gasteiger partial charge in [-0.2, -0.15) is 0 Å². The average Bonchev–Trinajstić information content (AvgIpc) is 2.52. The molecule has 0 aromatic carbocycles. The second kappa shape index (κ2) is 7.73. The Hall–Kier alpha value is -1.98. The molecule has 0 unspecified atom stereocenters. The maximum Gasteiger partial charge on any atom is 0.325 e. The van der Waals surface area contributed by atoms with Gasteiger partial charge in [0.25, 0.3) is 0 Å². The number of aromatic nitrogens is 2. The lowest BCUT2D eigenvalue weighted by Crippen LogP contribution is -2.28. The Bertz CT molecular complexity index is 587. The molecule has 132 valence electrons. The minimum Gasteiger partial charge on any atom is -0.459 e. The van der Waals surface area contributed by atoms with Crippen LogP contribution in [0.25, 0.3) is 0 Å². The van der Waals surface area contributed by atoms with Gasteiger partial charge in [0.1, 0.15) is 17.8 Å². The maximum absolute atomic E-state index is 11.9. The van der Waals surface area contributed by atoms with E-state index in [2.05, 4.69) is 22.2 Å². The lowest BCUT2D eigenvalue weighted by atomic mass is 9.81. The standard InChI is InChI=1S/C18H28N4O2/c1-12-5-7-13(8-6-12)15-10-20-14(9-19)17(22-15)21-11-16(23)24-18(2,3)4/h9-10,12-13,19H,5-8,11H2,1-4H3,(H,21,22). The molecule has 6 nitrogen and oxygen atoms in total. The third-order valence-electron chi connectivity index (χ3n) is 4.21. The minimum absolute atomic E-state index is 0.0118. The van der Waals surface area contributed by atoms with Gasteiger partial charge in [-0.3, -0.25) is 4.79 Å². The van der Waals surface area contributed by atoms with Crippen molar-refractivity contribution < 1.29 is 9.53 Å². The van der Waals surface area contributed by atoms with E-state index in [0.29, 0.717) is 17.4 Å². The van der Waals surface area contributed by atoms with E-state index in [-0.39, 0.29) is 12.5 Å². The predicted molar refractivity (Wildman–Crippen MR) is 94.6 cm³/mol. The highest BCUT2D eigenvalue weighted by Gasteiger charge is 2.22. The zero-order valence-corrected chi connectivity index (χ0v) is 15.1. The first-order chi connectivity index (χ1) is 11.3. The molecule has 2 N–H and O–H groups in total. The number of carbonyl (C=O) groups excluding carboxylic acids is 1. The molecule has 0 atom stereocenters. The number of ether oxygens (including phenoxy) is 1. The summed E-state index contributed by atoms with van der Waals surface area (Å²) < 4.78 is 5.28. The van der Waals surface area contributed by atoms with E-state index in [0.717, 1.165) is 30.7 Å². The van der Waals surface area contributed by atoms with Gasteiger partial charge in [-0.1, -0.05) is 19.8 Å². The van der Waals surface area contributed by atoms with Gasteiger partial charge in [-0.15, -0.1) is 0 Å². The van der Waals surface area contributed by atoms with Crippen molar-refractivity contribution >= 4 is 18.0 Å². The summed E-state index contributed by atoms with van der Waals surface area (Å²) in [6.07, 6.45) is 7.56. The van der Waals surface area contributed by atoms with Gasteiger partial charge in [-0.05, 0) is 39.5 Å². The van der Waals surface area contributed by atoms with Crippen LogP contribution in [0.3, 0.4) is 0 Å². The highest BCUT2D eigenvalue weighted by Crippen LogP contribution is 2.34. The third kappa shape index (κ3) is 5.28. The smallest absolute Gasteiger partial charge is 0.325 e. The molecular weight excluding hydrogens is 304 g/mol. The first-order valence-corrected chi connectivity index (χ1v) is 8.61. The minimum atomic E-state index is -0.518. The number of hydrogen-bond donors (Lipinski definition) is 2. The highest BCUT2D eigenvalue weighted by molar-refractivity contribution is 5.83. The molecule has 0 bridgehead atoms. The van der Waals surface area contributed by atoms with Gasteiger partial charge in [0.15, 0.2) is 5.82 Å². The molecule has 1 saturated carbocycles. The van der Waals surface area contributed by atoms with E-state index >= 15 is 0 Å². The van der Waals surface area contributed by atoms with E-state index in [4.69, 9.17) is 10.1 Å². The Labute approximate surface area is 143 Å². The average molecular weight is 332 g/mol. The number of nitrogens with one attached hydrogen (secondary N) is 2. The van der Waals surface area contributed by atoms with Crippen LogP contribution in [-0.4, -0.2) is 34.3 Å². The number of anilines is 1. The quantitative estimate of drug-likeness (QED) is 0.636. The summed E-state index contributed by atoms with van der Waals surface area (Å²) in [5.74, 6) is 1.32. The van der Waals surface area contributed by atoms with Gasteiger partial charge >= 0.3 is 5.97 Å². The van der Waals surface area contributed by atoms with Crippen LogP contribution in [0.15, 0.2) is 6.20 Å². The van der Waals surface area contributed by atoms with Crippen LogP contribution in [0, 0.1) is 11.3 Å². The van der Waals surface area contributed by atoms with Crippen LogP contribution in [0.4, 0.5) is 5.82 Å². The Morgan fingerprint density at radius 2 is 2.04 bits per heavy atom. The fraction of sp³-hybridized carbons (Fsp3) is 0.667. The fourth-order valence-electron chi connectivity index (χ4n) is 2.93. The third-order valence-corrected chi connectivity index (χ3v) is 4.21. The Balaban J connectivity index is 2.06. The topological polar surface area (TPSA) is 88.0 Å². The summed E-state index contributed by atoms with van der Waals surface area (Å²) >= 11 is 0. The molecule has 1 aromatic heterocycles. The van der Waals surface area contributed by atoms with E-state index < -0.39 is 5.60 Å². The summed E-state index contributed by atoms with van der Waals surface area (Å²) in [6.45, 7) is 7.79. The van der Waals surface area contributed by atoms with E-state index in [1.165, 1.54) is 12.8 Å². The van der Waals surface area contributed by atoms with Gasteiger partial charge in [0.2, 0.25) is 0 Å². The summed E-state index contributed by atoms with van der Waals surface area (Å²) in [4.78, 5) is 20.8. The lowest BCUT2D eigenvalue weighted by Gasteiger charge is -2.26. The second-order valence-electron chi connectivity index (χ2n) is 7.57.